The third-order valence-electron chi connectivity index (χ3n) is 2.03. The molecule has 1 aromatic rings. The third-order valence-corrected chi connectivity index (χ3v) is 2.56. The summed E-state index contributed by atoms with van der Waals surface area (Å²) in [6, 6.07) is 7.55. The number of hydrogen-bond acceptors (Lipinski definition) is 3. The molecule has 0 fully saturated rings. The zero-order chi connectivity index (χ0) is 13.2. The van der Waals surface area contributed by atoms with Crippen molar-refractivity contribution in [2.45, 2.75) is 6.43 Å². The van der Waals surface area contributed by atoms with Gasteiger partial charge in [-0.05, 0) is 24.3 Å². The van der Waals surface area contributed by atoms with Crippen LogP contribution in [-0.2, 0) is 4.74 Å². The maximum Gasteiger partial charge on any atom is 0.261 e. The molecule has 0 radical (unpaired) electrons. The van der Waals surface area contributed by atoms with Gasteiger partial charge < -0.3 is 14.8 Å². The van der Waals surface area contributed by atoms with E-state index < -0.39 is 13.0 Å². The summed E-state index contributed by atoms with van der Waals surface area (Å²) in [6.45, 7) is 1.49. The molecule has 0 saturated heterocycles. The van der Waals surface area contributed by atoms with Gasteiger partial charge in [0.15, 0.2) is 0 Å². The van der Waals surface area contributed by atoms with Crippen molar-refractivity contribution in [1.82, 2.24) is 5.32 Å². The Bertz CT molecular complexity index is 322. The second-order valence-electron chi connectivity index (χ2n) is 3.52. The summed E-state index contributed by atoms with van der Waals surface area (Å²) >= 11 is 3.34. The van der Waals surface area contributed by atoms with Crippen LogP contribution in [0.2, 0.25) is 0 Å². The lowest BCUT2D eigenvalue weighted by molar-refractivity contribution is 0.0186. The highest BCUT2D eigenvalue weighted by atomic mass is 79.9. The summed E-state index contributed by atoms with van der Waals surface area (Å²) in [6.07, 6.45) is -2.40. The highest BCUT2D eigenvalue weighted by Gasteiger charge is 2.00. The van der Waals surface area contributed by atoms with Crippen molar-refractivity contribution in [3.63, 3.8) is 0 Å². The molecule has 1 N–H and O–H groups in total. The molecule has 0 aliphatic rings. The van der Waals surface area contributed by atoms with Crippen molar-refractivity contribution in [2.75, 3.05) is 32.9 Å². The Morgan fingerprint density at radius 2 is 1.78 bits per heavy atom. The molecule has 3 nitrogen and oxygen atoms in total. The van der Waals surface area contributed by atoms with Gasteiger partial charge in [0.05, 0.1) is 6.61 Å². The van der Waals surface area contributed by atoms with Crippen LogP contribution in [0.1, 0.15) is 0 Å². The lowest BCUT2D eigenvalue weighted by Crippen LogP contribution is -2.25. The van der Waals surface area contributed by atoms with Gasteiger partial charge >= 0.3 is 0 Å². The van der Waals surface area contributed by atoms with Gasteiger partial charge in [-0.1, -0.05) is 15.9 Å². The first kappa shape index (κ1) is 15.3. The first-order chi connectivity index (χ1) is 8.68. The topological polar surface area (TPSA) is 30.5 Å². The normalized spacial score (nSPS) is 10.9. The minimum atomic E-state index is -2.40. The zero-order valence-corrected chi connectivity index (χ0v) is 11.5. The summed E-state index contributed by atoms with van der Waals surface area (Å²) in [7, 11) is 0. The van der Waals surface area contributed by atoms with Gasteiger partial charge in [-0.3, -0.25) is 0 Å². The second-order valence-corrected chi connectivity index (χ2v) is 4.43. The van der Waals surface area contributed by atoms with Crippen LogP contribution >= 0.6 is 15.9 Å². The van der Waals surface area contributed by atoms with Crippen LogP contribution in [0.4, 0.5) is 8.78 Å². The number of nitrogens with one attached hydrogen (secondary N) is 1. The molecule has 0 aliphatic carbocycles. The first-order valence-corrected chi connectivity index (χ1v) is 6.43. The largest absolute Gasteiger partial charge is 0.492 e. The Hall–Kier alpha value is -0.720. The standard InChI is InChI=1S/C12H16BrF2NO2/c13-10-1-3-11(4-2-10)18-8-6-16-5-7-17-9-12(14)15/h1-4,12,16H,5-9H2. The lowest BCUT2D eigenvalue weighted by Gasteiger charge is -2.08. The van der Waals surface area contributed by atoms with Gasteiger partial charge in [0, 0.05) is 17.6 Å². The van der Waals surface area contributed by atoms with E-state index >= 15 is 0 Å². The average molecular weight is 324 g/mol. The van der Waals surface area contributed by atoms with Crippen molar-refractivity contribution < 1.29 is 18.3 Å². The molecule has 0 spiro atoms. The number of benzene rings is 1. The van der Waals surface area contributed by atoms with Gasteiger partial charge in [0.1, 0.15) is 19.0 Å². The molecule has 0 aliphatic heterocycles. The predicted molar refractivity (Wildman–Crippen MR) is 69.3 cm³/mol. The van der Waals surface area contributed by atoms with E-state index in [4.69, 9.17) is 9.47 Å². The smallest absolute Gasteiger partial charge is 0.261 e. The monoisotopic (exact) mass is 323 g/mol. The fourth-order valence-electron chi connectivity index (χ4n) is 1.21. The Kier molecular flexibility index (Phi) is 7.88. The van der Waals surface area contributed by atoms with Crippen molar-refractivity contribution >= 4 is 15.9 Å². The molecule has 1 aromatic carbocycles. The Labute approximate surface area is 114 Å². The molecule has 0 bridgehead atoms. The average Bonchev–Trinajstić information content (AvgIpc) is 2.34. The number of rotatable bonds is 9. The summed E-state index contributed by atoms with van der Waals surface area (Å²) in [5, 5.41) is 3.04. The summed E-state index contributed by atoms with van der Waals surface area (Å²) in [5.74, 6) is 0.800. The highest BCUT2D eigenvalue weighted by Crippen LogP contribution is 2.15. The molecule has 0 unspecified atom stereocenters. The molecule has 0 saturated carbocycles. The number of alkyl halides is 2. The number of hydrogen-bond donors (Lipinski definition) is 1. The van der Waals surface area contributed by atoms with Crippen molar-refractivity contribution in [1.29, 1.82) is 0 Å². The molecule has 6 heteroatoms. The first-order valence-electron chi connectivity index (χ1n) is 5.63. The molecule has 0 aromatic heterocycles. The summed E-state index contributed by atoms with van der Waals surface area (Å²) < 4.78 is 34.6. The molecule has 0 atom stereocenters. The Morgan fingerprint density at radius 1 is 1.11 bits per heavy atom. The van der Waals surface area contributed by atoms with E-state index in [0.717, 1.165) is 10.2 Å². The Morgan fingerprint density at radius 3 is 2.44 bits per heavy atom. The van der Waals surface area contributed by atoms with Gasteiger partial charge in [-0.2, -0.15) is 0 Å². The van der Waals surface area contributed by atoms with Crippen molar-refractivity contribution in [3.05, 3.63) is 28.7 Å². The van der Waals surface area contributed by atoms with Crippen LogP contribution in [0.15, 0.2) is 28.7 Å². The van der Waals surface area contributed by atoms with E-state index in [2.05, 4.69) is 21.2 Å². The third kappa shape index (κ3) is 7.58. The second kappa shape index (κ2) is 9.24. The summed E-state index contributed by atoms with van der Waals surface area (Å²) in [4.78, 5) is 0. The van der Waals surface area contributed by atoms with E-state index in [1.165, 1.54) is 0 Å². The van der Waals surface area contributed by atoms with Gasteiger partial charge in [-0.15, -0.1) is 0 Å². The molecule has 0 amide bonds. The van der Waals surface area contributed by atoms with Crippen LogP contribution in [0.3, 0.4) is 0 Å². The summed E-state index contributed by atoms with van der Waals surface area (Å²) in [5.41, 5.74) is 0. The predicted octanol–water partition coefficient (Wildman–Crippen LogP) is 2.70. The highest BCUT2D eigenvalue weighted by molar-refractivity contribution is 9.10. The van der Waals surface area contributed by atoms with E-state index in [1.54, 1.807) is 0 Å². The molecule has 0 heterocycles. The zero-order valence-electron chi connectivity index (χ0n) is 9.87. The molecule has 1 rings (SSSR count). The Balaban J connectivity index is 1.94. The van der Waals surface area contributed by atoms with Crippen LogP contribution in [0.5, 0.6) is 5.75 Å². The number of halogens is 3. The fourth-order valence-corrected chi connectivity index (χ4v) is 1.48. The minimum absolute atomic E-state index is 0.280. The lowest BCUT2D eigenvalue weighted by atomic mass is 10.3. The van der Waals surface area contributed by atoms with Crippen LogP contribution in [0.25, 0.3) is 0 Å². The van der Waals surface area contributed by atoms with Crippen LogP contribution in [0, 0.1) is 0 Å². The van der Waals surface area contributed by atoms with E-state index in [0.29, 0.717) is 19.7 Å². The minimum Gasteiger partial charge on any atom is -0.492 e. The molecular weight excluding hydrogens is 308 g/mol. The van der Waals surface area contributed by atoms with Gasteiger partial charge in [0.25, 0.3) is 6.43 Å². The van der Waals surface area contributed by atoms with E-state index in [9.17, 15) is 8.78 Å². The molecule has 102 valence electrons. The molecule has 18 heavy (non-hydrogen) atoms. The maximum atomic E-state index is 11.7. The number of ether oxygens (including phenoxy) is 2. The van der Waals surface area contributed by atoms with E-state index in [-0.39, 0.29) is 6.61 Å². The van der Waals surface area contributed by atoms with Crippen molar-refractivity contribution in [2.24, 2.45) is 0 Å². The molecular formula is C12H16BrF2NO2. The quantitative estimate of drug-likeness (QED) is 0.709. The van der Waals surface area contributed by atoms with E-state index in [1.807, 2.05) is 24.3 Å². The maximum absolute atomic E-state index is 11.7. The van der Waals surface area contributed by atoms with Crippen molar-refractivity contribution in [3.8, 4) is 5.75 Å². The van der Waals surface area contributed by atoms with Crippen LogP contribution in [-0.4, -0.2) is 39.3 Å². The fraction of sp³-hybridized carbons (Fsp3) is 0.500. The SMILES string of the molecule is FC(F)COCCNCCOc1ccc(Br)cc1. The van der Waals surface area contributed by atoms with Crippen LogP contribution < -0.4 is 10.1 Å². The van der Waals surface area contributed by atoms with Gasteiger partial charge in [-0.25, -0.2) is 8.78 Å². The van der Waals surface area contributed by atoms with Gasteiger partial charge in [0.2, 0.25) is 0 Å².